The van der Waals surface area contributed by atoms with Gasteiger partial charge >= 0.3 is 0 Å². The molecule has 8 heteroatoms. The summed E-state index contributed by atoms with van der Waals surface area (Å²) in [6.07, 6.45) is 4.10. The van der Waals surface area contributed by atoms with Crippen molar-refractivity contribution in [1.82, 2.24) is 25.3 Å². The van der Waals surface area contributed by atoms with Crippen LogP contribution in [0.1, 0.15) is 23.3 Å². The van der Waals surface area contributed by atoms with Crippen LogP contribution < -0.4 is 4.74 Å². The molecule has 3 heterocycles. The van der Waals surface area contributed by atoms with Gasteiger partial charge < -0.3 is 9.64 Å². The summed E-state index contributed by atoms with van der Waals surface area (Å²) in [5, 5.41) is 9.81. The third-order valence-electron chi connectivity index (χ3n) is 3.30. The van der Waals surface area contributed by atoms with E-state index in [9.17, 15) is 9.18 Å². The molecule has 3 rings (SSSR count). The molecule has 0 aromatic carbocycles. The molecule has 2 aromatic heterocycles. The maximum atomic E-state index is 13.5. The van der Waals surface area contributed by atoms with Crippen molar-refractivity contribution in [3.63, 3.8) is 0 Å². The molecule has 1 fully saturated rings. The highest BCUT2D eigenvalue weighted by atomic mass is 19.1. The summed E-state index contributed by atoms with van der Waals surface area (Å²) in [6, 6.07) is 2.80. The van der Waals surface area contributed by atoms with E-state index < -0.39 is 5.82 Å². The molecule has 1 atom stereocenters. The summed E-state index contributed by atoms with van der Waals surface area (Å²) >= 11 is 0. The van der Waals surface area contributed by atoms with E-state index in [1.165, 1.54) is 24.5 Å². The number of aromatic nitrogens is 4. The smallest absolute Gasteiger partial charge is 0.276 e. The maximum absolute atomic E-state index is 13.5. The monoisotopic (exact) mass is 291 g/mol. The van der Waals surface area contributed by atoms with Crippen LogP contribution in [0.2, 0.25) is 0 Å². The number of piperidine rings is 1. The quantitative estimate of drug-likeness (QED) is 0.912. The van der Waals surface area contributed by atoms with Gasteiger partial charge in [0.2, 0.25) is 0 Å². The van der Waals surface area contributed by atoms with Crippen molar-refractivity contribution < 1.29 is 13.9 Å². The Balaban J connectivity index is 1.66. The summed E-state index contributed by atoms with van der Waals surface area (Å²) < 4.78 is 19.1. The lowest BCUT2D eigenvalue weighted by atomic mass is 10.1. The number of carbonyl (C=O) groups excluding carboxylic acids is 1. The van der Waals surface area contributed by atoms with E-state index in [2.05, 4.69) is 20.4 Å². The number of aromatic amines is 1. The van der Waals surface area contributed by atoms with E-state index in [1.54, 1.807) is 4.90 Å². The molecule has 1 saturated heterocycles. The van der Waals surface area contributed by atoms with Gasteiger partial charge in [-0.2, -0.15) is 15.4 Å². The fourth-order valence-corrected chi connectivity index (χ4v) is 2.30. The number of H-pyrrole nitrogens is 1. The summed E-state index contributed by atoms with van der Waals surface area (Å²) in [4.78, 5) is 17.7. The van der Waals surface area contributed by atoms with Gasteiger partial charge in [-0.05, 0) is 25.0 Å². The van der Waals surface area contributed by atoms with Crippen molar-refractivity contribution in [2.45, 2.75) is 18.9 Å². The third kappa shape index (κ3) is 2.99. The molecule has 0 saturated carbocycles. The van der Waals surface area contributed by atoms with Crippen LogP contribution in [0.25, 0.3) is 0 Å². The number of rotatable bonds is 3. The normalized spacial score (nSPS) is 18.5. The van der Waals surface area contributed by atoms with E-state index in [-0.39, 0.29) is 23.6 Å². The van der Waals surface area contributed by atoms with Gasteiger partial charge in [-0.25, -0.2) is 9.37 Å². The molecule has 1 aliphatic heterocycles. The van der Waals surface area contributed by atoms with Gasteiger partial charge in [0.1, 0.15) is 6.10 Å². The Bertz CT molecular complexity index is 619. The first-order valence-corrected chi connectivity index (χ1v) is 6.66. The fourth-order valence-electron chi connectivity index (χ4n) is 2.30. The Kier molecular flexibility index (Phi) is 3.76. The lowest BCUT2D eigenvalue weighted by molar-refractivity contribution is 0.0513. The first-order chi connectivity index (χ1) is 10.2. The van der Waals surface area contributed by atoms with Crippen LogP contribution >= 0.6 is 0 Å². The standard InChI is InChI=1S/C13H14FN5O2/c14-10-4-1-5-15-12(10)21-9-3-2-6-19(8-9)13(20)11-7-16-18-17-11/h1,4-5,7,9H,2-3,6,8H2,(H,16,17,18). The molecule has 0 spiro atoms. The predicted octanol–water partition coefficient (Wildman–Crippen LogP) is 1.02. The third-order valence-corrected chi connectivity index (χ3v) is 3.30. The zero-order valence-corrected chi connectivity index (χ0v) is 11.2. The molecule has 1 aliphatic rings. The predicted molar refractivity (Wildman–Crippen MR) is 70.1 cm³/mol. The van der Waals surface area contributed by atoms with Gasteiger partial charge in [0.25, 0.3) is 11.8 Å². The van der Waals surface area contributed by atoms with Crippen molar-refractivity contribution in [3.05, 3.63) is 36.0 Å². The Hall–Kier alpha value is -2.51. The number of ether oxygens (including phenoxy) is 1. The molecule has 0 aliphatic carbocycles. The first-order valence-electron chi connectivity index (χ1n) is 6.66. The second kappa shape index (κ2) is 5.86. The lowest BCUT2D eigenvalue weighted by Crippen LogP contribution is -2.44. The average molecular weight is 291 g/mol. The van der Waals surface area contributed by atoms with Crippen LogP contribution in [0.15, 0.2) is 24.5 Å². The zero-order chi connectivity index (χ0) is 14.7. The summed E-state index contributed by atoms with van der Waals surface area (Å²) in [6.45, 7) is 0.998. The minimum Gasteiger partial charge on any atom is -0.470 e. The Morgan fingerprint density at radius 3 is 3.19 bits per heavy atom. The van der Waals surface area contributed by atoms with Gasteiger partial charge in [0, 0.05) is 12.7 Å². The number of carbonyl (C=O) groups is 1. The van der Waals surface area contributed by atoms with E-state index in [4.69, 9.17) is 4.74 Å². The van der Waals surface area contributed by atoms with Crippen LogP contribution in [-0.4, -0.2) is 50.4 Å². The number of halogens is 1. The van der Waals surface area contributed by atoms with Gasteiger partial charge in [0.05, 0.1) is 12.7 Å². The van der Waals surface area contributed by atoms with E-state index in [1.807, 2.05) is 0 Å². The fraction of sp³-hybridized carbons (Fsp3) is 0.385. The van der Waals surface area contributed by atoms with Crippen LogP contribution in [-0.2, 0) is 0 Å². The van der Waals surface area contributed by atoms with Crippen molar-refractivity contribution in [1.29, 1.82) is 0 Å². The van der Waals surface area contributed by atoms with E-state index >= 15 is 0 Å². The zero-order valence-electron chi connectivity index (χ0n) is 11.2. The Morgan fingerprint density at radius 2 is 2.43 bits per heavy atom. The summed E-state index contributed by atoms with van der Waals surface area (Å²) in [5.74, 6) is -0.741. The van der Waals surface area contributed by atoms with Crippen molar-refractivity contribution in [3.8, 4) is 5.88 Å². The molecule has 0 radical (unpaired) electrons. The summed E-state index contributed by atoms with van der Waals surface area (Å²) in [7, 11) is 0. The van der Waals surface area contributed by atoms with Gasteiger partial charge in [-0.15, -0.1) is 0 Å². The molecule has 7 nitrogen and oxygen atoms in total. The van der Waals surface area contributed by atoms with Crippen molar-refractivity contribution in [2.24, 2.45) is 0 Å². The SMILES string of the molecule is O=C(c1cn[nH]n1)N1CCCC(Oc2ncccc2F)C1. The molecule has 1 amide bonds. The molecule has 21 heavy (non-hydrogen) atoms. The molecule has 0 bridgehead atoms. The van der Waals surface area contributed by atoms with Crippen LogP contribution in [0.3, 0.4) is 0 Å². The number of pyridine rings is 1. The van der Waals surface area contributed by atoms with Crippen molar-refractivity contribution >= 4 is 5.91 Å². The Labute approximate surface area is 120 Å². The molecular weight excluding hydrogens is 277 g/mol. The minimum atomic E-state index is -0.502. The highest BCUT2D eigenvalue weighted by molar-refractivity contribution is 5.91. The second-order valence-electron chi connectivity index (χ2n) is 4.78. The van der Waals surface area contributed by atoms with Gasteiger partial charge in [-0.1, -0.05) is 0 Å². The van der Waals surface area contributed by atoms with Crippen LogP contribution in [0.5, 0.6) is 5.88 Å². The average Bonchev–Trinajstić information content (AvgIpc) is 3.03. The number of nitrogens with zero attached hydrogens (tertiary/aromatic N) is 4. The number of hydrogen-bond acceptors (Lipinski definition) is 5. The first kappa shape index (κ1) is 13.5. The number of amides is 1. The minimum absolute atomic E-state index is 0.0294. The molecular formula is C13H14FN5O2. The maximum Gasteiger partial charge on any atom is 0.276 e. The van der Waals surface area contributed by atoms with Crippen LogP contribution in [0.4, 0.5) is 4.39 Å². The van der Waals surface area contributed by atoms with E-state index in [0.717, 1.165) is 12.8 Å². The number of hydrogen-bond donors (Lipinski definition) is 1. The van der Waals surface area contributed by atoms with Crippen molar-refractivity contribution in [2.75, 3.05) is 13.1 Å². The van der Waals surface area contributed by atoms with Crippen LogP contribution in [0, 0.1) is 5.82 Å². The molecule has 110 valence electrons. The molecule has 1 N–H and O–H groups in total. The van der Waals surface area contributed by atoms with Gasteiger partial charge in [0.15, 0.2) is 11.5 Å². The van der Waals surface area contributed by atoms with Gasteiger partial charge in [-0.3, -0.25) is 4.79 Å². The highest BCUT2D eigenvalue weighted by Crippen LogP contribution is 2.19. The second-order valence-corrected chi connectivity index (χ2v) is 4.78. The summed E-state index contributed by atoms with van der Waals surface area (Å²) in [5.41, 5.74) is 0.264. The lowest BCUT2D eigenvalue weighted by Gasteiger charge is -2.32. The Morgan fingerprint density at radius 1 is 1.52 bits per heavy atom. The molecule has 1 unspecified atom stereocenters. The number of likely N-dealkylation sites (tertiary alicyclic amines) is 1. The van der Waals surface area contributed by atoms with E-state index in [0.29, 0.717) is 13.1 Å². The molecule has 2 aromatic rings. The highest BCUT2D eigenvalue weighted by Gasteiger charge is 2.27. The largest absolute Gasteiger partial charge is 0.470 e. The number of nitrogens with one attached hydrogen (secondary N) is 1. The topological polar surface area (TPSA) is 84.0 Å².